The second kappa shape index (κ2) is 8.52. The molecule has 0 saturated carbocycles. The van der Waals surface area contributed by atoms with Crippen LogP contribution in [0.15, 0.2) is 42.5 Å². The Bertz CT molecular complexity index is 802. The topological polar surface area (TPSA) is 139 Å². The van der Waals surface area contributed by atoms with Crippen LogP contribution in [0.4, 0.5) is 11.4 Å². The Morgan fingerprint density at radius 3 is 2.19 bits per heavy atom. The Balaban J connectivity index is 1.90. The molecule has 8 heteroatoms. The molecule has 2 aromatic rings. The highest BCUT2D eigenvalue weighted by Gasteiger charge is 2.13. The quantitative estimate of drug-likeness (QED) is 0.420. The molecule has 0 unspecified atom stereocenters. The van der Waals surface area contributed by atoms with Crippen LogP contribution in [-0.2, 0) is 4.79 Å². The number of carboxylic acids is 2. The predicted molar refractivity (Wildman–Crippen MR) is 94.6 cm³/mol. The van der Waals surface area contributed by atoms with Crippen LogP contribution in [0.1, 0.15) is 33.6 Å². The monoisotopic (exact) mass is 358 g/mol. The van der Waals surface area contributed by atoms with Gasteiger partial charge in [0, 0.05) is 12.1 Å². The summed E-state index contributed by atoms with van der Waals surface area (Å²) in [6.45, 7) is 0.275. The lowest BCUT2D eigenvalue weighted by atomic mass is 10.1. The van der Waals surface area contributed by atoms with Crippen molar-refractivity contribution in [2.24, 2.45) is 0 Å². The number of carboxylic acid groups (broad SMARTS) is 2. The molecule has 0 aromatic heterocycles. The Kier molecular flexibility index (Phi) is 6.15. The third kappa shape index (κ3) is 5.23. The minimum Gasteiger partial charge on any atom is -0.491 e. The van der Waals surface area contributed by atoms with Gasteiger partial charge in [0.2, 0.25) is 5.91 Å². The highest BCUT2D eigenvalue weighted by atomic mass is 16.5. The third-order valence-electron chi connectivity index (χ3n) is 3.44. The van der Waals surface area contributed by atoms with Crippen LogP contribution in [0.3, 0.4) is 0 Å². The van der Waals surface area contributed by atoms with Gasteiger partial charge in [0.1, 0.15) is 5.75 Å². The number of para-hydroxylation sites is 2. The van der Waals surface area contributed by atoms with Crippen LogP contribution < -0.4 is 15.8 Å². The maximum Gasteiger partial charge on any atom is 0.335 e. The number of ether oxygens (including phenoxy) is 1. The zero-order chi connectivity index (χ0) is 19.1. The summed E-state index contributed by atoms with van der Waals surface area (Å²) in [6, 6.07) is 10.4. The molecule has 0 fully saturated rings. The fourth-order valence-corrected chi connectivity index (χ4v) is 2.20. The normalized spacial score (nSPS) is 10.2. The van der Waals surface area contributed by atoms with Gasteiger partial charge in [-0.05, 0) is 36.8 Å². The van der Waals surface area contributed by atoms with Crippen molar-refractivity contribution in [3.63, 3.8) is 0 Å². The standard InChI is InChI=1S/C18H18N2O6/c19-14-4-1-2-5-15(14)26-7-3-6-16(21)20-13-9-11(17(22)23)8-12(10-13)18(24)25/h1-2,4-5,8-10H,3,6-7,19H2,(H,20,21)(H,22,23)(H,24,25). The summed E-state index contributed by atoms with van der Waals surface area (Å²) in [5, 5.41) is 20.5. The van der Waals surface area contributed by atoms with E-state index in [1.54, 1.807) is 24.3 Å². The van der Waals surface area contributed by atoms with Crippen LogP contribution in [0.25, 0.3) is 0 Å². The molecular weight excluding hydrogens is 340 g/mol. The largest absolute Gasteiger partial charge is 0.491 e. The molecule has 0 spiro atoms. The van der Waals surface area contributed by atoms with Crippen molar-refractivity contribution in [2.75, 3.05) is 17.7 Å². The highest BCUT2D eigenvalue weighted by Crippen LogP contribution is 2.20. The molecule has 0 bridgehead atoms. The Morgan fingerprint density at radius 2 is 1.62 bits per heavy atom. The molecular formula is C18H18N2O6. The van der Waals surface area contributed by atoms with E-state index in [9.17, 15) is 14.4 Å². The van der Waals surface area contributed by atoms with Gasteiger partial charge >= 0.3 is 11.9 Å². The Hall–Kier alpha value is -3.55. The third-order valence-corrected chi connectivity index (χ3v) is 3.44. The van der Waals surface area contributed by atoms with Gasteiger partial charge in [-0.15, -0.1) is 0 Å². The lowest BCUT2D eigenvalue weighted by Gasteiger charge is -2.09. The molecule has 2 aromatic carbocycles. The molecule has 0 aliphatic heterocycles. The second-order valence-corrected chi connectivity index (χ2v) is 5.45. The summed E-state index contributed by atoms with van der Waals surface area (Å²) in [7, 11) is 0. The Labute approximate surface area is 149 Å². The molecule has 1 amide bonds. The van der Waals surface area contributed by atoms with Gasteiger partial charge in [-0.3, -0.25) is 4.79 Å². The van der Waals surface area contributed by atoms with Crippen LogP contribution in [-0.4, -0.2) is 34.7 Å². The van der Waals surface area contributed by atoms with Crippen molar-refractivity contribution in [1.29, 1.82) is 0 Å². The van der Waals surface area contributed by atoms with Gasteiger partial charge < -0.3 is 26.0 Å². The molecule has 2 rings (SSSR count). The number of aromatic carboxylic acids is 2. The zero-order valence-electron chi connectivity index (χ0n) is 13.8. The molecule has 0 heterocycles. The number of carbonyl (C=O) groups is 3. The first-order chi connectivity index (χ1) is 12.4. The molecule has 136 valence electrons. The Morgan fingerprint density at radius 1 is 1.00 bits per heavy atom. The van der Waals surface area contributed by atoms with Gasteiger partial charge in [0.15, 0.2) is 0 Å². The molecule has 0 aliphatic rings. The number of rotatable bonds is 8. The van der Waals surface area contributed by atoms with E-state index in [1.807, 2.05) is 0 Å². The SMILES string of the molecule is Nc1ccccc1OCCCC(=O)Nc1cc(C(=O)O)cc(C(=O)O)c1. The number of hydrogen-bond donors (Lipinski definition) is 4. The summed E-state index contributed by atoms with van der Waals surface area (Å²) in [6.07, 6.45) is 0.525. The summed E-state index contributed by atoms with van der Waals surface area (Å²) in [4.78, 5) is 34.1. The maximum atomic E-state index is 12.0. The molecule has 8 nitrogen and oxygen atoms in total. The van der Waals surface area contributed by atoms with Gasteiger partial charge in [-0.2, -0.15) is 0 Å². The number of anilines is 2. The van der Waals surface area contributed by atoms with Gasteiger partial charge in [0.25, 0.3) is 0 Å². The van der Waals surface area contributed by atoms with Crippen LogP contribution in [0, 0.1) is 0 Å². The lowest BCUT2D eigenvalue weighted by Crippen LogP contribution is -2.14. The van der Waals surface area contributed by atoms with E-state index in [1.165, 1.54) is 12.1 Å². The second-order valence-electron chi connectivity index (χ2n) is 5.45. The number of benzene rings is 2. The fraction of sp³-hybridized carbons (Fsp3) is 0.167. The van der Waals surface area contributed by atoms with Crippen molar-refractivity contribution < 1.29 is 29.3 Å². The summed E-state index contributed by atoms with van der Waals surface area (Å²) in [5.74, 6) is -2.41. The molecule has 0 aliphatic carbocycles. The van der Waals surface area contributed by atoms with Gasteiger partial charge in [0.05, 0.1) is 23.4 Å². The summed E-state index contributed by atoms with van der Waals surface area (Å²) >= 11 is 0. The average molecular weight is 358 g/mol. The minimum atomic E-state index is -1.28. The highest BCUT2D eigenvalue weighted by molar-refractivity contribution is 5.98. The first kappa shape index (κ1) is 18.8. The smallest absolute Gasteiger partial charge is 0.335 e. The predicted octanol–water partition coefficient (Wildman–Crippen LogP) is 2.46. The van der Waals surface area contributed by atoms with E-state index in [0.29, 0.717) is 17.9 Å². The van der Waals surface area contributed by atoms with Crippen LogP contribution in [0.2, 0.25) is 0 Å². The minimum absolute atomic E-state index is 0.112. The van der Waals surface area contributed by atoms with Crippen LogP contribution in [0.5, 0.6) is 5.75 Å². The number of nitrogens with two attached hydrogens (primary N) is 1. The van der Waals surface area contributed by atoms with E-state index < -0.39 is 11.9 Å². The first-order valence-electron chi connectivity index (χ1n) is 7.75. The number of nitrogens with one attached hydrogen (secondary N) is 1. The number of amides is 1. The molecule has 5 N–H and O–H groups in total. The van der Waals surface area contributed by atoms with E-state index >= 15 is 0 Å². The van der Waals surface area contributed by atoms with Gasteiger partial charge in [-0.25, -0.2) is 9.59 Å². The molecule has 0 radical (unpaired) electrons. The number of carbonyl (C=O) groups excluding carboxylic acids is 1. The zero-order valence-corrected chi connectivity index (χ0v) is 13.8. The number of hydrogen-bond acceptors (Lipinski definition) is 5. The van der Waals surface area contributed by atoms with E-state index in [2.05, 4.69) is 5.32 Å². The van der Waals surface area contributed by atoms with Crippen molar-refractivity contribution >= 4 is 29.2 Å². The molecule has 26 heavy (non-hydrogen) atoms. The number of nitrogen functional groups attached to an aromatic ring is 1. The van der Waals surface area contributed by atoms with E-state index in [0.717, 1.165) is 6.07 Å². The fourth-order valence-electron chi connectivity index (χ4n) is 2.20. The first-order valence-corrected chi connectivity index (χ1v) is 7.75. The van der Waals surface area contributed by atoms with Crippen molar-refractivity contribution in [3.8, 4) is 5.75 Å². The van der Waals surface area contributed by atoms with E-state index in [4.69, 9.17) is 20.7 Å². The summed E-state index contributed by atoms with van der Waals surface area (Å²) in [5.41, 5.74) is 5.92. The van der Waals surface area contributed by atoms with Crippen molar-refractivity contribution in [2.45, 2.75) is 12.8 Å². The van der Waals surface area contributed by atoms with Crippen molar-refractivity contribution in [3.05, 3.63) is 53.6 Å². The average Bonchev–Trinajstić information content (AvgIpc) is 2.59. The van der Waals surface area contributed by atoms with Crippen molar-refractivity contribution in [1.82, 2.24) is 0 Å². The van der Waals surface area contributed by atoms with Gasteiger partial charge in [-0.1, -0.05) is 12.1 Å². The summed E-state index contributed by atoms with van der Waals surface area (Å²) < 4.78 is 5.48. The lowest BCUT2D eigenvalue weighted by molar-refractivity contribution is -0.116. The van der Waals surface area contributed by atoms with E-state index in [-0.39, 0.29) is 35.7 Å². The maximum absolute atomic E-state index is 12.0. The molecule has 0 atom stereocenters. The molecule has 0 saturated heterocycles. The van der Waals surface area contributed by atoms with Crippen LogP contribution >= 0.6 is 0 Å².